The van der Waals surface area contributed by atoms with Gasteiger partial charge in [0.1, 0.15) is 19.0 Å². The lowest BCUT2D eigenvalue weighted by molar-refractivity contribution is 0.0794. The summed E-state index contributed by atoms with van der Waals surface area (Å²) >= 11 is 0. The number of halogens is 1. The van der Waals surface area contributed by atoms with Gasteiger partial charge in [-0.2, -0.15) is 0 Å². The number of pyridine rings is 1. The summed E-state index contributed by atoms with van der Waals surface area (Å²) < 4.78 is 16.8. The number of hydrogen-bond donors (Lipinski definition) is 0. The van der Waals surface area contributed by atoms with Gasteiger partial charge in [-0.3, -0.25) is 0 Å². The minimum atomic E-state index is -0.448. The lowest BCUT2D eigenvalue weighted by atomic mass is 9.98. The number of nitrogens with zero attached hydrogens (tertiary/aromatic N) is 2. The number of ether oxygens (including phenoxy) is 1. The van der Waals surface area contributed by atoms with E-state index in [1.165, 1.54) is 0 Å². The Morgan fingerprint density at radius 1 is 1.17 bits per heavy atom. The minimum Gasteiger partial charge on any atom is -0.396 e. The van der Waals surface area contributed by atoms with Gasteiger partial charge < -0.3 is 9.57 Å². The standard InChI is InChI=1S/C18H21FN2O2/c19-10-14-22-12-4-13-23-21-18-7-3-5-16(15-18)8-9-17-6-1-2-11-20-17/h1-2,6,11,15H,3-5,7,10,12-14H2/b21-18-. The van der Waals surface area contributed by atoms with E-state index >= 15 is 0 Å². The van der Waals surface area contributed by atoms with Crippen LogP contribution < -0.4 is 0 Å². The monoisotopic (exact) mass is 316 g/mol. The Kier molecular flexibility index (Phi) is 7.85. The van der Waals surface area contributed by atoms with Gasteiger partial charge in [-0.05, 0) is 43.4 Å². The fourth-order valence-corrected chi connectivity index (χ4v) is 2.07. The highest BCUT2D eigenvalue weighted by Gasteiger charge is 2.07. The second-order valence-corrected chi connectivity index (χ2v) is 5.06. The molecule has 1 aromatic heterocycles. The Labute approximate surface area is 136 Å². The molecule has 1 aliphatic carbocycles. The van der Waals surface area contributed by atoms with Crippen LogP contribution in [-0.2, 0) is 9.57 Å². The third kappa shape index (κ3) is 7.07. The van der Waals surface area contributed by atoms with Gasteiger partial charge in [0.15, 0.2) is 0 Å². The van der Waals surface area contributed by atoms with Crippen molar-refractivity contribution in [3.63, 3.8) is 0 Å². The van der Waals surface area contributed by atoms with Crippen LogP contribution in [-0.4, -0.2) is 37.2 Å². The fraction of sp³-hybridized carbons (Fsp3) is 0.444. The lowest BCUT2D eigenvalue weighted by Gasteiger charge is -2.09. The number of allylic oxidation sites excluding steroid dienone is 2. The summed E-state index contributed by atoms with van der Waals surface area (Å²) in [5.41, 5.74) is 2.73. The minimum absolute atomic E-state index is 0.148. The molecule has 0 bridgehead atoms. The highest BCUT2D eigenvalue weighted by atomic mass is 19.1. The molecular weight excluding hydrogens is 295 g/mol. The predicted octanol–water partition coefficient (Wildman–Crippen LogP) is 3.29. The van der Waals surface area contributed by atoms with Gasteiger partial charge in [0.2, 0.25) is 0 Å². The lowest BCUT2D eigenvalue weighted by Crippen LogP contribution is -2.05. The molecule has 0 aromatic carbocycles. The van der Waals surface area contributed by atoms with Crippen LogP contribution in [0.1, 0.15) is 31.4 Å². The van der Waals surface area contributed by atoms with Gasteiger partial charge in [0, 0.05) is 18.2 Å². The number of hydrogen-bond acceptors (Lipinski definition) is 4. The largest absolute Gasteiger partial charge is 0.396 e. The molecule has 0 fully saturated rings. The first-order chi connectivity index (χ1) is 11.4. The Hall–Kier alpha value is -2.19. The predicted molar refractivity (Wildman–Crippen MR) is 87.8 cm³/mol. The smallest absolute Gasteiger partial charge is 0.119 e. The fourth-order valence-electron chi connectivity index (χ4n) is 2.07. The van der Waals surface area contributed by atoms with Crippen LogP contribution in [0.4, 0.5) is 4.39 Å². The molecule has 0 saturated heterocycles. The number of rotatable bonds is 7. The highest BCUT2D eigenvalue weighted by Crippen LogP contribution is 2.15. The molecule has 0 N–H and O–H groups in total. The van der Waals surface area contributed by atoms with Crippen molar-refractivity contribution >= 4 is 5.71 Å². The van der Waals surface area contributed by atoms with Gasteiger partial charge in [0.25, 0.3) is 0 Å². The molecule has 1 heterocycles. The van der Waals surface area contributed by atoms with Crippen LogP contribution in [0.2, 0.25) is 0 Å². The van der Waals surface area contributed by atoms with Crippen molar-refractivity contribution in [2.45, 2.75) is 25.7 Å². The molecule has 5 heteroatoms. The van der Waals surface area contributed by atoms with E-state index in [0.29, 0.717) is 19.6 Å². The van der Waals surface area contributed by atoms with Crippen LogP contribution in [0.5, 0.6) is 0 Å². The van der Waals surface area contributed by atoms with E-state index in [2.05, 4.69) is 22.0 Å². The zero-order valence-corrected chi connectivity index (χ0v) is 13.1. The normalized spacial score (nSPS) is 15.7. The summed E-state index contributed by atoms with van der Waals surface area (Å²) in [6.07, 6.45) is 7.29. The Morgan fingerprint density at radius 3 is 2.96 bits per heavy atom. The van der Waals surface area contributed by atoms with Crippen LogP contribution in [0.3, 0.4) is 0 Å². The topological polar surface area (TPSA) is 43.7 Å². The van der Waals surface area contributed by atoms with E-state index < -0.39 is 6.67 Å². The Morgan fingerprint density at radius 2 is 2.13 bits per heavy atom. The molecule has 4 nitrogen and oxygen atoms in total. The van der Waals surface area contributed by atoms with Crippen molar-refractivity contribution in [1.82, 2.24) is 4.98 Å². The molecule has 0 saturated carbocycles. The molecule has 0 aliphatic heterocycles. The SMILES string of the molecule is FCCOCCCO/N=C1\C=C(C#Cc2ccccn2)CCC1. The van der Waals surface area contributed by atoms with E-state index in [0.717, 1.165) is 36.2 Å². The maximum absolute atomic E-state index is 11.8. The second kappa shape index (κ2) is 10.5. The van der Waals surface area contributed by atoms with Crippen molar-refractivity contribution in [2.75, 3.05) is 26.5 Å². The van der Waals surface area contributed by atoms with Crippen molar-refractivity contribution in [3.8, 4) is 11.8 Å². The molecule has 2 rings (SSSR count). The van der Waals surface area contributed by atoms with E-state index in [9.17, 15) is 4.39 Å². The number of aromatic nitrogens is 1. The molecular formula is C18H21FN2O2. The molecule has 23 heavy (non-hydrogen) atoms. The van der Waals surface area contributed by atoms with Crippen LogP contribution in [0.25, 0.3) is 0 Å². The van der Waals surface area contributed by atoms with E-state index in [1.807, 2.05) is 24.3 Å². The van der Waals surface area contributed by atoms with Gasteiger partial charge in [0.05, 0.1) is 18.9 Å². The van der Waals surface area contributed by atoms with Gasteiger partial charge in [-0.15, -0.1) is 0 Å². The summed E-state index contributed by atoms with van der Waals surface area (Å²) in [6, 6.07) is 5.68. The quantitative estimate of drug-likeness (QED) is 0.440. The first-order valence-corrected chi connectivity index (χ1v) is 7.84. The van der Waals surface area contributed by atoms with Crippen molar-refractivity contribution in [3.05, 3.63) is 41.7 Å². The summed E-state index contributed by atoms with van der Waals surface area (Å²) in [5.74, 6) is 6.21. The average molecular weight is 316 g/mol. The first kappa shape index (κ1) is 17.2. The molecule has 0 amide bonds. The van der Waals surface area contributed by atoms with Crippen molar-refractivity contribution < 1.29 is 14.0 Å². The number of alkyl halides is 1. The maximum atomic E-state index is 11.8. The van der Waals surface area contributed by atoms with Crippen LogP contribution in [0, 0.1) is 11.8 Å². The molecule has 1 aliphatic rings. The molecule has 0 radical (unpaired) electrons. The van der Waals surface area contributed by atoms with Gasteiger partial charge in [-0.1, -0.05) is 17.1 Å². The summed E-state index contributed by atoms with van der Waals surface area (Å²) in [5, 5.41) is 4.13. The Balaban J connectivity index is 1.79. The summed E-state index contributed by atoms with van der Waals surface area (Å²) in [7, 11) is 0. The van der Waals surface area contributed by atoms with E-state index in [1.54, 1.807) is 6.20 Å². The Bertz CT molecular complexity index is 588. The molecule has 0 unspecified atom stereocenters. The van der Waals surface area contributed by atoms with E-state index in [-0.39, 0.29) is 6.61 Å². The third-order valence-corrected chi connectivity index (χ3v) is 3.16. The van der Waals surface area contributed by atoms with Crippen molar-refractivity contribution in [1.29, 1.82) is 0 Å². The molecule has 122 valence electrons. The van der Waals surface area contributed by atoms with Gasteiger partial charge >= 0.3 is 0 Å². The first-order valence-electron chi connectivity index (χ1n) is 7.84. The highest BCUT2D eigenvalue weighted by molar-refractivity contribution is 5.96. The van der Waals surface area contributed by atoms with Gasteiger partial charge in [-0.25, -0.2) is 9.37 Å². The third-order valence-electron chi connectivity index (χ3n) is 3.16. The zero-order valence-electron chi connectivity index (χ0n) is 13.1. The van der Waals surface area contributed by atoms with E-state index in [4.69, 9.17) is 9.57 Å². The summed E-state index contributed by atoms with van der Waals surface area (Å²) in [6.45, 7) is 0.663. The molecule has 1 aromatic rings. The second-order valence-electron chi connectivity index (χ2n) is 5.06. The average Bonchev–Trinajstić information content (AvgIpc) is 2.60. The summed E-state index contributed by atoms with van der Waals surface area (Å²) in [4.78, 5) is 9.46. The maximum Gasteiger partial charge on any atom is 0.119 e. The van der Waals surface area contributed by atoms with Crippen molar-refractivity contribution in [2.24, 2.45) is 5.16 Å². The van der Waals surface area contributed by atoms with Crippen LogP contribution >= 0.6 is 0 Å². The number of oxime groups is 1. The molecule has 0 atom stereocenters. The molecule has 0 spiro atoms. The zero-order chi connectivity index (χ0) is 16.2. The van der Waals surface area contributed by atoms with Crippen LogP contribution in [0.15, 0.2) is 41.2 Å².